The van der Waals surface area contributed by atoms with Crippen LogP contribution in [0, 0.1) is 0 Å². The molecule has 1 aliphatic heterocycles. The van der Waals surface area contributed by atoms with Gasteiger partial charge in [0.25, 0.3) is 0 Å². The molecule has 0 aliphatic carbocycles. The molecule has 0 radical (unpaired) electrons. The van der Waals surface area contributed by atoms with Gasteiger partial charge in [-0.05, 0) is 38.6 Å². The molecular weight excluding hydrogens is 256 g/mol. The lowest BCUT2D eigenvalue weighted by molar-refractivity contribution is 0.0690. The lowest BCUT2D eigenvalue weighted by Crippen LogP contribution is -2.40. The zero-order chi connectivity index (χ0) is 14.1. The summed E-state index contributed by atoms with van der Waals surface area (Å²) in [5.74, 6) is -0.501. The minimum Gasteiger partial charge on any atom is -0.476 e. The Morgan fingerprint density at radius 2 is 2.35 bits per heavy atom. The van der Waals surface area contributed by atoms with Crippen LogP contribution in [-0.4, -0.2) is 51.5 Å². The lowest BCUT2D eigenvalue weighted by Gasteiger charge is -2.30. The van der Waals surface area contributed by atoms with Gasteiger partial charge in [-0.1, -0.05) is 6.07 Å². The number of carboxylic acids is 1. The van der Waals surface area contributed by atoms with Crippen molar-refractivity contribution < 1.29 is 9.90 Å². The quantitative estimate of drug-likeness (QED) is 0.888. The van der Waals surface area contributed by atoms with Crippen LogP contribution in [-0.2, 0) is 0 Å². The second-order valence-corrected chi connectivity index (χ2v) is 5.29. The first-order valence-electron chi connectivity index (χ1n) is 6.80. The highest BCUT2D eigenvalue weighted by Gasteiger charge is 2.23. The van der Waals surface area contributed by atoms with E-state index in [-0.39, 0.29) is 11.7 Å². The van der Waals surface area contributed by atoms with Gasteiger partial charge in [0.05, 0.1) is 0 Å². The summed E-state index contributed by atoms with van der Waals surface area (Å²) in [4.78, 5) is 18.1. The minimum absolute atomic E-state index is 0.203. The van der Waals surface area contributed by atoms with E-state index in [0.717, 1.165) is 25.9 Å². The SMILES string of the molecule is CN1CCCC(Nc2nc3ccccn3c2C(=O)O)C1. The van der Waals surface area contributed by atoms with E-state index in [1.807, 2.05) is 12.1 Å². The third-order valence-corrected chi connectivity index (χ3v) is 3.70. The predicted molar refractivity (Wildman–Crippen MR) is 76.3 cm³/mol. The molecule has 1 atom stereocenters. The summed E-state index contributed by atoms with van der Waals surface area (Å²) in [6, 6.07) is 5.72. The fourth-order valence-electron chi connectivity index (χ4n) is 2.78. The molecule has 2 aromatic rings. The highest BCUT2D eigenvalue weighted by Crippen LogP contribution is 2.21. The first kappa shape index (κ1) is 12.9. The fraction of sp³-hybridized carbons (Fsp3) is 0.429. The Bertz CT molecular complexity index is 637. The standard InChI is InChI=1S/C14H18N4O2/c1-17-7-4-5-10(9-17)15-13-12(14(19)20)18-8-3-2-6-11(18)16-13/h2-3,6,8,10,15H,4-5,7,9H2,1H3,(H,19,20). The molecule has 6 heteroatoms. The first-order chi connectivity index (χ1) is 9.65. The summed E-state index contributed by atoms with van der Waals surface area (Å²) in [7, 11) is 2.08. The van der Waals surface area contributed by atoms with Crippen LogP contribution in [0.15, 0.2) is 24.4 Å². The number of fused-ring (bicyclic) bond motifs is 1. The van der Waals surface area contributed by atoms with E-state index in [4.69, 9.17) is 0 Å². The molecule has 1 fully saturated rings. The smallest absolute Gasteiger partial charge is 0.356 e. The second kappa shape index (κ2) is 5.13. The molecule has 106 valence electrons. The Balaban J connectivity index is 1.94. The van der Waals surface area contributed by atoms with E-state index in [0.29, 0.717) is 11.5 Å². The van der Waals surface area contributed by atoms with Crippen molar-refractivity contribution in [1.82, 2.24) is 14.3 Å². The molecule has 0 bridgehead atoms. The van der Waals surface area contributed by atoms with Crippen molar-refractivity contribution in [3.8, 4) is 0 Å². The number of piperidine rings is 1. The summed E-state index contributed by atoms with van der Waals surface area (Å²) in [5, 5.41) is 12.7. The van der Waals surface area contributed by atoms with Gasteiger partial charge in [-0.25, -0.2) is 9.78 Å². The van der Waals surface area contributed by atoms with Crippen LogP contribution in [0.5, 0.6) is 0 Å². The molecular formula is C14H18N4O2. The molecule has 1 aliphatic rings. The number of hydrogen-bond acceptors (Lipinski definition) is 4. The average Bonchev–Trinajstić information content (AvgIpc) is 2.76. The molecule has 0 saturated carbocycles. The van der Waals surface area contributed by atoms with Crippen molar-refractivity contribution in [1.29, 1.82) is 0 Å². The van der Waals surface area contributed by atoms with Gasteiger partial charge in [-0.15, -0.1) is 0 Å². The number of carbonyl (C=O) groups is 1. The molecule has 0 amide bonds. The van der Waals surface area contributed by atoms with Gasteiger partial charge >= 0.3 is 5.97 Å². The van der Waals surface area contributed by atoms with Gasteiger partial charge in [0.2, 0.25) is 0 Å². The van der Waals surface area contributed by atoms with Crippen LogP contribution in [0.3, 0.4) is 0 Å². The van der Waals surface area contributed by atoms with E-state index in [1.165, 1.54) is 0 Å². The summed E-state index contributed by atoms with van der Waals surface area (Å²) in [6.07, 6.45) is 3.88. The van der Waals surface area contributed by atoms with Crippen molar-refractivity contribution in [3.05, 3.63) is 30.1 Å². The van der Waals surface area contributed by atoms with Gasteiger partial charge in [0.15, 0.2) is 11.5 Å². The average molecular weight is 274 g/mol. The molecule has 6 nitrogen and oxygen atoms in total. The van der Waals surface area contributed by atoms with Crippen LogP contribution in [0.2, 0.25) is 0 Å². The van der Waals surface area contributed by atoms with Crippen molar-refractivity contribution in [2.45, 2.75) is 18.9 Å². The summed E-state index contributed by atoms with van der Waals surface area (Å²) < 4.78 is 1.61. The number of nitrogens with one attached hydrogen (secondary N) is 1. The number of carboxylic acid groups (broad SMARTS) is 1. The van der Waals surface area contributed by atoms with E-state index in [1.54, 1.807) is 16.7 Å². The van der Waals surface area contributed by atoms with Crippen molar-refractivity contribution >= 4 is 17.4 Å². The summed E-state index contributed by atoms with van der Waals surface area (Å²) in [5.41, 5.74) is 0.852. The number of pyridine rings is 1. The third kappa shape index (κ3) is 2.34. The Morgan fingerprint density at radius 1 is 1.50 bits per heavy atom. The molecule has 3 rings (SSSR count). The van der Waals surface area contributed by atoms with Crippen LogP contribution < -0.4 is 5.32 Å². The zero-order valence-corrected chi connectivity index (χ0v) is 11.4. The zero-order valence-electron chi connectivity index (χ0n) is 11.4. The summed E-state index contributed by atoms with van der Waals surface area (Å²) in [6.45, 7) is 2.00. The number of aromatic carboxylic acids is 1. The Morgan fingerprint density at radius 3 is 3.10 bits per heavy atom. The van der Waals surface area contributed by atoms with Crippen molar-refractivity contribution in [3.63, 3.8) is 0 Å². The normalized spacial score (nSPS) is 20.1. The minimum atomic E-state index is -0.963. The van der Waals surface area contributed by atoms with Crippen LogP contribution in [0.4, 0.5) is 5.82 Å². The number of likely N-dealkylation sites (N-methyl/N-ethyl adjacent to an activating group) is 1. The number of aromatic nitrogens is 2. The monoisotopic (exact) mass is 274 g/mol. The third-order valence-electron chi connectivity index (χ3n) is 3.70. The molecule has 20 heavy (non-hydrogen) atoms. The molecule has 1 unspecified atom stereocenters. The Kier molecular flexibility index (Phi) is 3.31. The Labute approximate surface area is 117 Å². The van der Waals surface area contributed by atoms with Gasteiger partial charge in [-0.3, -0.25) is 4.40 Å². The molecule has 3 heterocycles. The van der Waals surface area contributed by atoms with Crippen molar-refractivity contribution in [2.75, 3.05) is 25.5 Å². The maximum Gasteiger partial charge on any atom is 0.356 e. The maximum absolute atomic E-state index is 11.5. The van der Waals surface area contributed by atoms with Crippen molar-refractivity contribution in [2.24, 2.45) is 0 Å². The topological polar surface area (TPSA) is 69.9 Å². The van der Waals surface area contributed by atoms with E-state index in [9.17, 15) is 9.90 Å². The van der Waals surface area contributed by atoms with Crippen LogP contribution >= 0.6 is 0 Å². The molecule has 1 saturated heterocycles. The van der Waals surface area contributed by atoms with E-state index in [2.05, 4.69) is 22.2 Å². The number of imidazole rings is 1. The Hall–Kier alpha value is -2.08. The van der Waals surface area contributed by atoms with Crippen LogP contribution in [0.1, 0.15) is 23.3 Å². The van der Waals surface area contributed by atoms with Crippen LogP contribution in [0.25, 0.3) is 5.65 Å². The maximum atomic E-state index is 11.5. The van der Waals surface area contributed by atoms with E-state index < -0.39 is 5.97 Å². The highest BCUT2D eigenvalue weighted by atomic mass is 16.4. The van der Waals surface area contributed by atoms with Gasteiger partial charge in [0, 0.05) is 18.8 Å². The molecule has 2 aromatic heterocycles. The molecule has 0 aromatic carbocycles. The largest absolute Gasteiger partial charge is 0.476 e. The first-order valence-corrected chi connectivity index (χ1v) is 6.80. The second-order valence-electron chi connectivity index (χ2n) is 5.29. The highest BCUT2D eigenvalue weighted by molar-refractivity contribution is 5.93. The predicted octanol–water partition coefficient (Wildman–Crippen LogP) is 1.54. The van der Waals surface area contributed by atoms with Gasteiger partial charge in [-0.2, -0.15) is 0 Å². The lowest BCUT2D eigenvalue weighted by atomic mass is 10.1. The number of likely N-dealkylation sites (tertiary alicyclic amines) is 1. The van der Waals surface area contributed by atoms with Gasteiger partial charge in [0.1, 0.15) is 5.65 Å². The fourth-order valence-corrected chi connectivity index (χ4v) is 2.78. The number of nitrogens with zero attached hydrogens (tertiary/aromatic N) is 3. The molecule has 2 N–H and O–H groups in total. The number of anilines is 1. The number of rotatable bonds is 3. The molecule has 0 spiro atoms. The van der Waals surface area contributed by atoms with E-state index >= 15 is 0 Å². The van der Waals surface area contributed by atoms with Gasteiger partial charge < -0.3 is 15.3 Å². The summed E-state index contributed by atoms with van der Waals surface area (Å²) >= 11 is 0. The number of hydrogen-bond donors (Lipinski definition) is 2.